The number of nitrogens with one attached hydrogen (secondary N) is 1. The lowest BCUT2D eigenvalue weighted by Crippen LogP contribution is -2.33. The first kappa shape index (κ1) is 15.4. The van der Waals surface area contributed by atoms with Gasteiger partial charge in [-0.3, -0.25) is 0 Å². The Kier molecular flexibility index (Phi) is 4.12. The molecule has 1 fully saturated rings. The van der Waals surface area contributed by atoms with Crippen LogP contribution < -0.4 is 10.2 Å². The van der Waals surface area contributed by atoms with Crippen LogP contribution in [0.25, 0.3) is 11.0 Å². The van der Waals surface area contributed by atoms with Crippen LogP contribution in [0.1, 0.15) is 12.2 Å². The highest BCUT2D eigenvalue weighted by molar-refractivity contribution is 6.32. The van der Waals surface area contributed by atoms with Crippen molar-refractivity contribution in [2.75, 3.05) is 18.0 Å². The normalized spacial score (nSPS) is 17.8. The molecule has 1 atom stereocenters. The fraction of sp³-hybridized carbons (Fsp3) is 0.333. The Hall–Kier alpha value is -2.11. The number of fused-ring (bicyclic) bond motifs is 1. The van der Waals surface area contributed by atoms with Crippen molar-refractivity contribution in [3.63, 3.8) is 0 Å². The summed E-state index contributed by atoms with van der Waals surface area (Å²) in [6, 6.07) is 12.4. The van der Waals surface area contributed by atoms with Gasteiger partial charge in [0.1, 0.15) is 11.6 Å². The maximum atomic E-state index is 6.25. The second kappa shape index (κ2) is 6.42. The van der Waals surface area contributed by atoms with Gasteiger partial charge >= 0.3 is 0 Å². The molecule has 0 amide bonds. The van der Waals surface area contributed by atoms with Gasteiger partial charge in [0.2, 0.25) is 0 Å². The number of para-hydroxylation sites is 2. The molecule has 124 valence electrons. The lowest BCUT2D eigenvalue weighted by atomic mass is 10.2. The SMILES string of the molecule is Cn1c(CN[C@@H]2CCN(c3ncccc3Cl)C2)nc2ccccc21. The van der Waals surface area contributed by atoms with Crippen molar-refractivity contribution in [1.82, 2.24) is 19.9 Å². The highest BCUT2D eigenvalue weighted by Gasteiger charge is 2.24. The summed E-state index contributed by atoms with van der Waals surface area (Å²) in [5, 5.41) is 4.34. The Labute approximate surface area is 146 Å². The minimum atomic E-state index is 0.419. The van der Waals surface area contributed by atoms with Gasteiger partial charge in [0, 0.05) is 32.4 Å². The molecule has 0 saturated carbocycles. The van der Waals surface area contributed by atoms with E-state index in [1.807, 2.05) is 24.3 Å². The molecule has 1 aliphatic heterocycles. The third kappa shape index (κ3) is 2.85. The van der Waals surface area contributed by atoms with Crippen LogP contribution >= 0.6 is 11.6 Å². The van der Waals surface area contributed by atoms with Crippen LogP contribution in [-0.2, 0) is 13.6 Å². The first-order valence-corrected chi connectivity index (χ1v) is 8.59. The summed E-state index contributed by atoms with van der Waals surface area (Å²) in [5.74, 6) is 1.94. The van der Waals surface area contributed by atoms with Gasteiger partial charge in [0.05, 0.1) is 22.6 Å². The van der Waals surface area contributed by atoms with Gasteiger partial charge < -0.3 is 14.8 Å². The number of benzene rings is 1. The first-order chi connectivity index (χ1) is 11.7. The van der Waals surface area contributed by atoms with Crippen LogP contribution in [0.5, 0.6) is 0 Å². The van der Waals surface area contributed by atoms with Gasteiger partial charge in [-0.2, -0.15) is 0 Å². The first-order valence-electron chi connectivity index (χ1n) is 8.21. The molecular formula is C18H20ClN5. The molecule has 1 aliphatic rings. The predicted molar refractivity (Wildman–Crippen MR) is 97.4 cm³/mol. The Morgan fingerprint density at radius 3 is 2.96 bits per heavy atom. The fourth-order valence-corrected chi connectivity index (χ4v) is 3.56. The minimum Gasteiger partial charge on any atom is -0.354 e. The van der Waals surface area contributed by atoms with Crippen LogP contribution in [0.2, 0.25) is 5.02 Å². The average Bonchev–Trinajstić information content (AvgIpc) is 3.19. The number of pyridine rings is 1. The highest BCUT2D eigenvalue weighted by Crippen LogP contribution is 2.26. The summed E-state index contributed by atoms with van der Waals surface area (Å²) in [5.41, 5.74) is 2.22. The van der Waals surface area contributed by atoms with Gasteiger partial charge in [0.15, 0.2) is 0 Å². The third-order valence-corrected chi connectivity index (χ3v) is 4.95. The molecule has 0 bridgehead atoms. The molecule has 3 heterocycles. The molecule has 1 N–H and O–H groups in total. The molecule has 0 radical (unpaired) electrons. The van der Waals surface area contributed by atoms with E-state index in [0.29, 0.717) is 11.1 Å². The molecular weight excluding hydrogens is 322 g/mol. The number of nitrogens with zero attached hydrogens (tertiary/aromatic N) is 4. The summed E-state index contributed by atoms with van der Waals surface area (Å²) in [7, 11) is 2.07. The number of rotatable bonds is 4. The Bertz CT molecular complexity index is 859. The number of aryl methyl sites for hydroxylation is 1. The van der Waals surface area contributed by atoms with Gasteiger partial charge in [-0.1, -0.05) is 23.7 Å². The Morgan fingerprint density at radius 2 is 2.12 bits per heavy atom. The highest BCUT2D eigenvalue weighted by atomic mass is 35.5. The molecule has 5 nitrogen and oxygen atoms in total. The number of hydrogen-bond acceptors (Lipinski definition) is 4. The van der Waals surface area contributed by atoms with Crippen LogP contribution in [-0.4, -0.2) is 33.7 Å². The second-order valence-electron chi connectivity index (χ2n) is 6.20. The van der Waals surface area contributed by atoms with Crippen molar-refractivity contribution < 1.29 is 0 Å². The van der Waals surface area contributed by atoms with Crippen molar-refractivity contribution in [3.8, 4) is 0 Å². The van der Waals surface area contributed by atoms with E-state index in [9.17, 15) is 0 Å². The van der Waals surface area contributed by atoms with Crippen LogP contribution in [0.15, 0.2) is 42.6 Å². The van der Waals surface area contributed by atoms with Crippen molar-refractivity contribution in [1.29, 1.82) is 0 Å². The Morgan fingerprint density at radius 1 is 1.25 bits per heavy atom. The zero-order chi connectivity index (χ0) is 16.5. The van der Waals surface area contributed by atoms with Crippen LogP contribution in [0, 0.1) is 0 Å². The number of halogens is 1. The third-order valence-electron chi connectivity index (χ3n) is 4.66. The lowest BCUT2D eigenvalue weighted by Gasteiger charge is -2.18. The molecule has 1 aromatic carbocycles. The molecule has 0 unspecified atom stereocenters. The van der Waals surface area contributed by atoms with Crippen LogP contribution in [0.3, 0.4) is 0 Å². The number of hydrogen-bond donors (Lipinski definition) is 1. The van der Waals surface area contributed by atoms with Crippen molar-refractivity contribution in [3.05, 3.63) is 53.4 Å². The Balaban J connectivity index is 1.42. The molecule has 6 heteroatoms. The van der Waals surface area contributed by atoms with E-state index in [1.54, 1.807) is 6.20 Å². The molecule has 1 saturated heterocycles. The monoisotopic (exact) mass is 341 g/mol. The molecule has 2 aromatic heterocycles. The van der Waals surface area contributed by atoms with E-state index in [-0.39, 0.29) is 0 Å². The van der Waals surface area contributed by atoms with E-state index < -0.39 is 0 Å². The number of imidazole rings is 1. The average molecular weight is 342 g/mol. The minimum absolute atomic E-state index is 0.419. The maximum Gasteiger partial charge on any atom is 0.147 e. The zero-order valence-electron chi connectivity index (χ0n) is 13.6. The standard InChI is InChI=1S/C18H20ClN5/c1-23-16-7-3-2-6-15(16)22-17(23)11-21-13-8-10-24(12-13)18-14(19)5-4-9-20-18/h2-7,9,13,21H,8,10-12H2,1H3/t13-/m1/s1. The summed E-state index contributed by atoms with van der Waals surface area (Å²) in [6.07, 6.45) is 2.87. The van der Waals surface area contributed by atoms with Crippen molar-refractivity contribution in [2.45, 2.75) is 19.0 Å². The van der Waals surface area contributed by atoms with E-state index in [2.05, 4.69) is 38.9 Å². The molecule has 0 spiro atoms. The fourth-order valence-electron chi connectivity index (χ4n) is 3.32. The quantitative estimate of drug-likeness (QED) is 0.792. The largest absolute Gasteiger partial charge is 0.354 e. The number of aromatic nitrogens is 3. The van der Waals surface area contributed by atoms with Gasteiger partial charge in [-0.05, 0) is 30.7 Å². The van der Waals surface area contributed by atoms with E-state index in [1.165, 1.54) is 5.52 Å². The molecule has 3 aromatic rings. The summed E-state index contributed by atoms with van der Waals surface area (Å²) >= 11 is 6.25. The van der Waals surface area contributed by atoms with Crippen molar-refractivity contribution >= 4 is 28.5 Å². The molecule has 4 rings (SSSR count). The van der Waals surface area contributed by atoms with E-state index in [4.69, 9.17) is 16.6 Å². The van der Waals surface area contributed by atoms with E-state index in [0.717, 1.165) is 43.2 Å². The predicted octanol–water partition coefficient (Wildman–Crippen LogP) is 2.99. The molecule has 24 heavy (non-hydrogen) atoms. The molecule has 0 aliphatic carbocycles. The summed E-state index contributed by atoms with van der Waals surface area (Å²) < 4.78 is 2.16. The van der Waals surface area contributed by atoms with E-state index >= 15 is 0 Å². The van der Waals surface area contributed by atoms with Gasteiger partial charge in [-0.25, -0.2) is 9.97 Å². The zero-order valence-corrected chi connectivity index (χ0v) is 14.4. The number of anilines is 1. The van der Waals surface area contributed by atoms with Crippen LogP contribution in [0.4, 0.5) is 5.82 Å². The smallest absolute Gasteiger partial charge is 0.147 e. The lowest BCUT2D eigenvalue weighted by molar-refractivity contribution is 0.532. The topological polar surface area (TPSA) is 46.0 Å². The summed E-state index contributed by atoms with van der Waals surface area (Å²) in [6.45, 7) is 2.65. The maximum absolute atomic E-state index is 6.25. The second-order valence-corrected chi connectivity index (χ2v) is 6.60. The van der Waals surface area contributed by atoms with Gasteiger partial charge in [0.25, 0.3) is 0 Å². The van der Waals surface area contributed by atoms with Crippen molar-refractivity contribution in [2.24, 2.45) is 7.05 Å². The van der Waals surface area contributed by atoms with Gasteiger partial charge in [-0.15, -0.1) is 0 Å². The summed E-state index contributed by atoms with van der Waals surface area (Å²) in [4.78, 5) is 11.4.